The molecule has 1 aromatic rings. The Morgan fingerprint density at radius 1 is 0.967 bits per heavy atom. The van der Waals surface area contributed by atoms with E-state index in [4.69, 9.17) is 10.5 Å². The highest BCUT2D eigenvalue weighted by molar-refractivity contribution is 5.39. The van der Waals surface area contributed by atoms with Gasteiger partial charge in [-0.3, -0.25) is 0 Å². The van der Waals surface area contributed by atoms with Crippen LogP contribution in [0.15, 0.2) is 18.2 Å². The van der Waals surface area contributed by atoms with Gasteiger partial charge in [-0.25, -0.2) is 0 Å². The van der Waals surface area contributed by atoms with Gasteiger partial charge < -0.3 is 20.7 Å². The molecule has 0 heterocycles. The van der Waals surface area contributed by atoms with Gasteiger partial charge in [0.25, 0.3) is 0 Å². The molecule has 1 unspecified atom stereocenters. The number of hydrogen-bond donors (Lipinski definition) is 3. The Morgan fingerprint density at radius 3 is 2.27 bits per heavy atom. The molecule has 4 N–H and O–H groups in total. The molecule has 0 amide bonds. The van der Waals surface area contributed by atoms with Gasteiger partial charge in [0.15, 0.2) is 0 Å². The SMILES string of the molecule is CC(C)CCCC(C)CCCCOc1ccc(CC[C@@](N)(CO)CC(C)C)c(O)c1. The Labute approximate surface area is 185 Å². The van der Waals surface area contributed by atoms with E-state index in [9.17, 15) is 10.2 Å². The summed E-state index contributed by atoms with van der Waals surface area (Å²) in [5.74, 6) is 2.98. The van der Waals surface area contributed by atoms with Crippen LogP contribution in [0.1, 0.15) is 91.5 Å². The lowest BCUT2D eigenvalue weighted by Gasteiger charge is -2.29. The lowest BCUT2D eigenvalue weighted by molar-refractivity contribution is 0.165. The second-order valence-corrected chi connectivity index (χ2v) is 10.2. The number of hydrogen-bond acceptors (Lipinski definition) is 4. The van der Waals surface area contributed by atoms with Gasteiger partial charge in [0.2, 0.25) is 0 Å². The zero-order valence-corrected chi connectivity index (χ0v) is 20.1. The summed E-state index contributed by atoms with van der Waals surface area (Å²) in [7, 11) is 0. The largest absolute Gasteiger partial charge is 0.508 e. The van der Waals surface area contributed by atoms with Gasteiger partial charge in [0, 0.05) is 11.6 Å². The molecule has 0 aliphatic rings. The third-order valence-electron chi connectivity index (χ3n) is 5.92. The van der Waals surface area contributed by atoms with Crippen molar-refractivity contribution in [3.05, 3.63) is 23.8 Å². The van der Waals surface area contributed by atoms with E-state index in [0.29, 0.717) is 31.1 Å². The van der Waals surface area contributed by atoms with Gasteiger partial charge in [-0.2, -0.15) is 0 Å². The van der Waals surface area contributed by atoms with Crippen LogP contribution in [-0.2, 0) is 6.42 Å². The average molecular weight is 422 g/mol. The van der Waals surface area contributed by atoms with Crippen molar-refractivity contribution in [2.75, 3.05) is 13.2 Å². The second-order valence-electron chi connectivity index (χ2n) is 10.2. The Balaban J connectivity index is 2.33. The molecule has 0 fully saturated rings. The minimum atomic E-state index is -0.596. The van der Waals surface area contributed by atoms with E-state index in [-0.39, 0.29) is 12.4 Å². The molecule has 1 rings (SSSR count). The predicted octanol–water partition coefficient (Wildman–Crippen LogP) is 6.07. The summed E-state index contributed by atoms with van der Waals surface area (Å²) in [5, 5.41) is 20.0. The smallest absolute Gasteiger partial charge is 0.122 e. The first-order valence-corrected chi connectivity index (χ1v) is 12.0. The van der Waals surface area contributed by atoms with Crippen molar-refractivity contribution in [3.63, 3.8) is 0 Å². The van der Waals surface area contributed by atoms with Crippen LogP contribution in [-0.4, -0.2) is 29.0 Å². The molecule has 0 aromatic heterocycles. The van der Waals surface area contributed by atoms with E-state index >= 15 is 0 Å². The number of aryl methyl sites for hydroxylation is 1. The van der Waals surface area contributed by atoms with Gasteiger partial charge in [-0.15, -0.1) is 0 Å². The van der Waals surface area contributed by atoms with E-state index in [1.165, 1.54) is 32.1 Å². The van der Waals surface area contributed by atoms with E-state index in [2.05, 4.69) is 34.6 Å². The molecular weight excluding hydrogens is 374 g/mol. The maximum absolute atomic E-state index is 10.4. The molecule has 2 atom stereocenters. The standard InChI is InChI=1S/C26H47NO3/c1-20(2)9-8-11-22(5)10-6-7-16-30-24-13-12-23(25(29)17-24)14-15-26(27,19-28)18-21(3)4/h12-13,17,20-22,28-29H,6-11,14-16,18-19,27H2,1-5H3/t22?,26-/m0/s1. The fourth-order valence-electron chi connectivity index (χ4n) is 4.09. The molecule has 1 aromatic carbocycles. The Bertz CT molecular complexity index is 588. The molecule has 4 heteroatoms. The molecule has 174 valence electrons. The zero-order valence-electron chi connectivity index (χ0n) is 20.1. The van der Waals surface area contributed by atoms with Crippen LogP contribution in [0.4, 0.5) is 0 Å². The number of ether oxygens (including phenoxy) is 1. The third-order valence-corrected chi connectivity index (χ3v) is 5.92. The van der Waals surface area contributed by atoms with Crippen LogP contribution in [0.25, 0.3) is 0 Å². The van der Waals surface area contributed by atoms with E-state index in [1.54, 1.807) is 6.07 Å². The van der Waals surface area contributed by atoms with Crippen LogP contribution in [0, 0.1) is 17.8 Å². The number of aliphatic hydroxyl groups excluding tert-OH is 1. The number of unbranched alkanes of at least 4 members (excludes halogenated alkanes) is 1. The average Bonchev–Trinajstić information content (AvgIpc) is 2.66. The van der Waals surface area contributed by atoms with Gasteiger partial charge in [0.05, 0.1) is 13.2 Å². The number of benzene rings is 1. The van der Waals surface area contributed by atoms with E-state index < -0.39 is 5.54 Å². The van der Waals surface area contributed by atoms with Crippen molar-refractivity contribution < 1.29 is 14.9 Å². The normalized spacial score (nSPS) is 14.8. The Hall–Kier alpha value is -1.26. The van der Waals surface area contributed by atoms with Gasteiger partial charge >= 0.3 is 0 Å². The van der Waals surface area contributed by atoms with Crippen LogP contribution >= 0.6 is 0 Å². The monoisotopic (exact) mass is 421 g/mol. The first kappa shape index (κ1) is 26.8. The highest BCUT2D eigenvalue weighted by Crippen LogP contribution is 2.28. The molecule has 0 radical (unpaired) electrons. The van der Waals surface area contributed by atoms with Crippen molar-refractivity contribution in [2.24, 2.45) is 23.5 Å². The molecule has 0 aliphatic carbocycles. The van der Waals surface area contributed by atoms with Crippen molar-refractivity contribution in [3.8, 4) is 11.5 Å². The lowest BCUT2D eigenvalue weighted by atomic mass is 9.85. The molecule has 0 saturated heterocycles. The maximum Gasteiger partial charge on any atom is 0.122 e. The summed E-state index contributed by atoms with van der Waals surface area (Å²) in [5.41, 5.74) is 6.58. The summed E-state index contributed by atoms with van der Waals surface area (Å²) in [4.78, 5) is 0. The third kappa shape index (κ3) is 11.2. The summed E-state index contributed by atoms with van der Waals surface area (Å²) >= 11 is 0. The minimum absolute atomic E-state index is 0.0382. The quantitative estimate of drug-likeness (QED) is 0.283. The summed E-state index contributed by atoms with van der Waals surface area (Å²) in [6.45, 7) is 11.8. The first-order valence-electron chi connectivity index (χ1n) is 12.0. The molecule has 0 bridgehead atoms. The molecule has 0 spiro atoms. The number of phenols is 1. The molecule has 0 aliphatic heterocycles. The topological polar surface area (TPSA) is 75.7 Å². The van der Waals surface area contributed by atoms with Crippen LogP contribution in [0.2, 0.25) is 0 Å². The van der Waals surface area contributed by atoms with Crippen molar-refractivity contribution in [1.29, 1.82) is 0 Å². The van der Waals surface area contributed by atoms with Gasteiger partial charge in [-0.05, 0) is 61.5 Å². The number of rotatable bonds is 16. The predicted molar refractivity (Wildman–Crippen MR) is 127 cm³/mol. The second kappa shape index (κ2) is 13.9. The Morgan fingerprint density at radius 2 is 1.67 bits per heavy atom. The highest BCUT2D eigenvalue weighted by atomic mass is 16.5. The fourth-order valence-corrected chi connectivity index (χ4v) is 4.09. The molecule has 0 saturated carbocycles. The zero-order chi connectivity index (χ0) is 22.6. The minimum Gasteiger partial charge on any atom is -0.508 e. The van der Waals surface area contributed by atoms with E-state index in [1.807, 2.05) is 12.1 Å². The summed E-state index contributed by atoms with van der Waals surface area (Å²) < 4.78 is 5.83. The number of aliphatic hydroxyl groups is 1. The van der Waals surface area contributed by atoms with Crippen molar-refractivity contribution in [2.45, 2.75) is 97.9 Å². The number of nitrogens with two attached hydrogens (primary N) is 1. The molecule has 4 nitrogen and oxygen atoms in total. The first-order chi connectivity index (χ1) is 14.1. The van der Waals surface area contributed by atoms with Crippen molar-refractivity contribution >= 4 is 0 Å². The molecule has 30 heavy (non-hydrogen) atoms. The highest BCUT2D eigenvalue weighted by Gasteiger charge is 2.25. The summed E-state index contributed by atoms with van der Waals surface area (Å²) in [6.07, 6.45) is 9.52. The van der Waals surface area contributed by atoms with E-state index in [0.717, 1.165) is 30.2 Å². The molecular formula is C26H47NO3. The fraction of sp³-hybridized carbons (Fsp3) is 0.769. The van der Waals surface area contributed by atoms with Gasteiger partial charge in [-0.1, -0.05) is 66.4 Å². The number of aromatic hydroxyl groups is 1. The maximum atomic E-state index is 10.4. The van der Waals surface area contributed by atoms with Crippen LogP contribution in [0.3, 0.4) is 0 Å². The lowest BCUT2D eigenvalue weighted by Crippen LogP contribution is -2.45. The van der Waals surface area contributed by atoms with Gasteiger partial charge in [0.1, 0.15) is 11.5 Å². The van der Waals surface area contributed by atoms with Crippen molar-refractivity contribution in [1.82, 2.24) is 0 Å². The number of phenolic OH excluding ortho intramolecular Hbond substituents is 1. The summed E-state index contributed by atoms with van der Waals surface area (Å²) in [6, 6.07) is 5.53. The van der Waals surface area contributed by atoms with Crippen LogP contribution in [0.5, 0.6) is 11.5 Å². The Kier molecular flexibility index (Phi) is 12.4. The van der Waals surface area contributed by atoms with Crippen LogP contribution < -0.4 is 10.5 Å².